The Balaban J connectivity index is 2.15. The molecule has 0 aliphatic carbocycles. The van der Waals surface area contributed by atoms with Crippen LogP contribution in [0.5, 0.6) is 0 Å². The van der Waals surface area contributed by atoms with E-state index in [0.717, 1.165) is 5.56 Å². The Hall–Kier alpha value is -1.65. The summed E-state index contributed by atoms with van der Waals surface area (Å²) in [7, 11) is 1.88. The van der Waals surface area contributed by atoms with Gasteiger partial charge in [0, 0.05) is 25.4 Å². The van der Waals surface area contributed by atoms with Gasteiger partial charge < -0.3 is 10.0 Å². The molecule has 0 aliphatic rings. The smallest absolute Gasteiger partial charge is 0.128 e. The van der Waals surface area contributed by atoms with E-state index in [2.05, 4.69) is 4.98 Å². The first-order valence-electron chi connectivity index (χ1n) is 5.81. The number of pyridine rings is 1. The second kappa shape index (κ2) is 5.99. The Morgan fingerprint density at radius 2 is 2.00 bits per heavy atom. The standard InChI is InChI=1S/C14H14ClFN2O/c1-18(8-10-2-4-12(16)5-3-10)14-6-11(9-19)13(15)7-17-14/h2-7,19H,8-9H2,1H3. The number of hydrogen-bond donors (Lipinski definition) is 1. The van der Waals surface area contributed by atoms with Crippen molar-refractivity contribution in [2.75, 3.05) is 11.9 Å². The highest BCUT2D eigenvalue weighted by atomic mass is 35.5. The van der Waals surface area contributed by atoms with Gasteiger partial charge in [0.25, 0.3) is 0 Å². The first-order chi connectivity index (χ1) is 9.10. The van der Waals surface area contributed by atoms with Gasteiger partial charge in [0.2, 0.25) is 0 Å². The summed E-state index contributed by atoms with van der Waals surface area (Å²) >= 11 is 5.90. The number of hydrogen-bond acceptors (Lipinski definition) is 3. The van der Waals surface area contributed by atoms with Gasteiger partial charge in [-0.3, -0.25) is 0 Å². The number of aliphatic hydroxyl groups excluding tert-OH is 1. The van der Waals surface area contributed by atoms with E-state index in [1.54, 1.807) is 18.2 Å². The number of benzene rings is 1. The van der Waals surface area contributed by atoms with Crippen molar-refractivity contribution < 1.29 is 9.50 Å². The molecule has 5 heteroatoms. The first kappa shape index (κ1) is 13.8. The Morgan fingerprint density at radius 1 is 1.32 bits per heavy atom. The molecule has 3 nitrogen and oxygen atoms in total. The van der Waals surface area contributed by atoms with E-state index in [-0.39, 0.29) is 12.4 Å². The molecule has 0 radical (unpaired) electrons. The normalized spacial score (nSPS) is 10.5. The van der Waals surface area contributed by atoms with Crippen molar-refractivity contribution in [2.45, 2.75) is 13.2 Å². The molecule has 0 saturated carbocycles. The largest absolute Gasteiger partial charge is 0.392 e. The number of aromatic nitrogens is 1. The fourth-order valence-corrected chi connectivity index (χ4v) is 1.91. The minimum absolute atomic E-state index is 0.126. The highest BCUT2D eigenvalue weighted by molar-refractivity contribution is 6.31. The number of rotatable bonds is 4. The van der Waals surface area contributed by atoms with Gasteiger partial charge in [-0.25, -0.2) is 9.37 Å². The molecule has 1 N–H and O–H groups in total. The monoisotopic (exact) mass is 280 g/mol. The van der Waals surface area contributed by atoms with Crippen LogP contribution < -0.4 is 4.90 Å². The van der Waals surface area contributed by atoms with Gasteiger partial charge in [0.05, 0.1) is 11.6 Å². The highest BCUT2D eigenvalue weighted by Gasteiger charge is 2.07. The molecule has 0 fully saturated rings. The minimum Gasteiger partial charge on any atom is -0.392 e. The fraction of sp³-hybridized carbons (Fsp3) is 0.214. The maximum Gasteiger partial charge on any atom is 0.128 e. The number of halogens is 2. The molecule has 0 saturated heterocycles. The van der Waals surface area contributed by atoms with Gasteiger partial charge in [-0.2, -0.15) is 0 Å². The quantitative estimate of drug-likeness (QED) is 0.935. The molecule has 0 aliphatic heterocycles. The predicted octanol–water partition coefficient (Wildman–Crippen LogP) is 3.00. The molecule has 1 aromatic carbocycles. The zero-order valence-electron chi connectivity index (χ0n) is 10.5. The highest BCUT2D eigenvalue weighted by Crippen LogP contribution is 2.21. The van der Waals surface area contributed by atoms with Crippen molar-refractivity contribution in [2.24, 2.45) is 0 Å². The third-order valence-corrected chi connectivity index (χ3v) is 3.16. The number of nitrogens with zero attached hydrogens (tertiary/aromatic N) is 2. The Kier molecular flexibility index (Phi) is 4.35. The lowest BCUT2D eigenvalue weighted by atomic mass is 10.2. The van der Waals surface area contributed by atoms with Crippen molar-refractivity contribution in [1.82, 2.24) is 4.98 Å². The van der Waals surface area contributed by atoms with Gasteiger partial charge in [-0.1, -0.05) is 23.7 Å². The molecule has 2 rings (SSSR count). The molecule has 0 spiro atoms. The Morgan fingerprint density at radius 3 is 2.63 bits per heavy atom. The zero-order valence-corrected chi connectivity index (χ0v) is 11.2. The molecule has 2 aromatic rings. The SMILES string of the molecule is CN(Cc1ccc(F)cc1)c1cc(CO)c(Cl)cn1. The van der Waals surface area contributed by atoms with E-state index in [0.29, 0.717) is 22.9 Å². The molecular formula is C14H14ClFN2O. The molecule has 100 valence electrons. The topological polar surface area (TPSA) is 36.4 Å². The van der Waals surface area contributed by atoms with E-state index in [9.17, 15) is 9.50 Å². The minimum atomic E-state index is -0.251. The van der Waals surface area contributed by atoms with E-state index in [1.807, 2.05) is 11.9 Å². The van der Waals surface area contributed by atoms with Gasteiger partial charge in [0.15, 0.2) is 0 Å². The third-order valence-electron chi connectivity index (χ3n) is 2.81. The molecule has 0 amide bonds. The maximum atomic E-state index is 12.8. The van der Waals surface area contributed by atoms with Gasteiger partial charge in [-0.15, -0.1) is 0 Å². The second-order valence-corrected chi connectivity index (χ2v) is 4.68. The lowest BCUT2D eigenvalue weighted by Gasteiger charge is -2.19. The first-order valence-corrected chi connectivity index (χ1v) is 6.19. The van der Waals surface area contributed by atoms with Crippen molar-refractivity contribution in [3.8, 4) is 0 Å². The average Bonchev–Trinajstić information content (AvgIpc) is 2.42. The van der Waals surface area contributed by atoms with Crippen molar-refractivity contribution >= 4 is 17.4 Å². The summed E-state index contributed by atoms with van der Waals surface area (Å²) in [6.07, 6.45) is 1.52. The van der Waals surface area contributed by atoms with Crippen LogP contribution >= 0.6 is 11.6 Å². The van der Waals surface area contributed by atoms with E-state index < -0.39 is 0 Å². The third kappa shape index (κ3) is 3.43. The summed E-state index contributed by atoms with van der Waals surface area (Å²) < 4.78 is 12.8. The average molecular weight is 281 g/mol. The summed E-state index contributed by atoms with van der Waals surface area (Å²) in [5.41, 5.74) is 1.61. The van der Waals surface area contributed by atoms with Crippen molar-refractivity contribution in [1.29, 1.82) is 0 Å². The molecule has 1 aromatic heterocycles. The number of aliphatic hydroxyl groups is 1. The van der Waals surface area contributed by atoms with Crippen LogP contribution in [-0.2, 0) is 13.2 Å². The van der Waals surface area contributed by atoms with E-state index >= 15 is 0 Å². The molecule has 19 heavy (non-hydrogen) atoms. The van der Waals surface area contributed by atoms with Crippen LogP contribution in [0.1, 0.15) is 11.1 Å². The van der Waals surface area contributed by atoms with E-state index in [4.69, 9.17) is 11.6 Å². The Labute approximate surface area is 116 Å². The molecule has 0 bridgehead atoms. The number of anilines is 1. The summed E-state index contributed by atoms with van der Waals surface area (Å²) in [6.45, 7) is 0.471. The van der Waals surface area contributed by atoms with Crippen LogP contribution in [0.4, 0.5) is 10.2 Å². The Bertz CT molecular complexity index is 560. The van der Waals surface area contributed by atoms with Crippen LogP contribution in [-0.4, -0.2) is 17.1 Å². The summed E-state index contributed by atoms with van der Waals surface area (Å²) in [6, 6.07) is 8.06. The predicted molar refractivity (Wildman–Crippen MR) is 73.7 cm³/mol. The lowest BCUT2D eigenvalue weighted by molar-refractivity contribution is 0.282. The van der Waals surface area contributed by atoms with Gasteiger partial charge in [-0.05, 0) is 23.8 Å². The fourth-order valence-electron chi connectivity index (χ4n) is 1.74. The molecular weight excluding hydrogens is 267 g/mol. The molecule has 1 heterocycles. The van der Waals surface area contributed by atoms with Gasteiger partial charge >= 0.3 is 0 Å². The van der Waals surface area contributed by atoms with Crippen molar-refractivity contribution in [3.63, 3.8) is 0 Å². The van der Waals surface area contributed by atoms with Crippen LogP contribution in [0.2, 0.25) is 5.02 Å². The summed E-state index contributed by atoms with van der Waals surface area (Å²) in [5, 5.41) is 9.62. The molecule has 0 unspecified atom stereocenters. The summed E-state index contributed by atoms with van der Waals surface area (Å²) in [5.74, 6) is 0.455. The van der Waals surface area contributed by atoms with Crippen LogP contribution in [0.15, 0.2) is 36.5 Å². The zero-order chi connectivity index (χ0) is 13.8. The lowest BCUT2D eigenvalue weighted by Crippen LogP contribution is -2.17. The van der Waals surface area contributed by atoms with Crippen LogP contribution in [0.3, 0.4) is 0 Å². The molecule has 0 atom stereocenters. The van der Waals surface area contributed by atoms with E-state index in [1.165, 1.54) is 18.3 Å². The van der Waals surface area contributed by atoms with Crippen LogP contribution in [0, 0.1) is 5.82 Å². The van der Waals surface area contributed by atoms with Crippen LogP contribution in [0.25, 0.3) is 0 Å². The second-order valence-electron chi connectivity index (χ2n) is 4.27. The van der Waals surface area contributed by atoms with Crippen molar-refractivity contribution in [3.05, 3.63) is 58.5 Å². The maximum absolute atomic E-state index is 12.8. The summed E-state index contributed by atoms with van der Waals surface area (Å²) in [4.78, 5) is 6.11. The van der Waals surface area contributed by atoms with Gasteiger partial charge in [0.1, 0.15) is 11.6 Å².